The standard InChI is InChI=1S/C30H29NO3.ClH/c1-20(25-11-6-8-22-7-2-3-9-26(22)25)31-19-24-18-28(27-10-4-5-12-29(27)34-24)23-15-13-21(14-16-23)17-30(32)33;/h2-16,20,24,28,31H,17-19H2,1H3,(H,32,33);1H/t20-,24-,28-;/m1./s1. The van der Waals surface area contributed by atoms with Crippen LogP contribution in [0.25, 0.3) is 10.8 Å². The third-order valence-corrected chi connectivity index (χ3v) is 6.77. The first kappa shape index (κ1) is 24.8. The molecule has 1 heterocycles. The van der Waals surface area contributed by atoms with Crippen molar-refractivity contribution in [3.8, 4) is 5.75 Å². The molecule has 1 aliphatic heterocycles. The van der Waals surface area contributed by atoms with E-state index < -0.39 is 5.97 Å². The molecule has 0 spiro atoms. The van der Waals surface area contributed by atoms with Gasteiger partial charge in [-0.25, -0.2) is 0 Å². The van der Waals surface area contributed by atoms with Crippen molar-refractivity contribution >= 4 is 29.1 Å². The Kier molecular flexibility index (Phi) is 7.74. The lowest BCUT2D eigenvalue weighted by molar-refractivity contribution is -0.136. The fourth-order valence-electron chi connectivity index (χ4n) is 5.02. The van der Waals surface area contributed by atoms with Crippen LogP contribution in [0.15, 0.2) is 91.0 Å². The van der Waals surface area contributed by atoms with E-state index in [0.717, 1.165) is 24.3 Å². The third-order valence-electron chi connectivity index (χ3n) is 6.77. The van der Waals surface area contributed by atoms with Crippen LogP contribution < -0.4 is 10.1 Å². The molecule has 0 unspecified atom stereocenters. The maximum absolute atomic E-state index is 11.0. The van der Waals surface area contributed by atoms with E-state index in [2.05, 4.69) is 79.0 Å². The van der Waals surface area contributed by atoms with Crippen molar-refractivity contribution in [1.82, 2.24) is 5.32 Å². The normalized spacial score (nSPS) is 17.6. The van der Waals surface area contributed by atoms with Crippen LogP contribution in [0.3, 0.4) is 0 Å². The molecule has 1 aliphatic rings. The predicted molar refractivity (Wildman–Crippen MR) is 143 cm³/mol. The zero-order valence-corrected chi connectivity index (χ0v) is 20.5. The van der Waals surface area contributed by atoms with Crippen LogP contribution >= 0.6 is 12.4 Å². The molecule has 4 aromatic carbocycles. The zero-order valence-electron chi connectivity index (χ0n) is 19.7. The number of halogens is 1. The summed E-state index contributed by atoms with van der Waals surface area (Å²) in [6.07, 6.45) is 0.948. The summed E-state index contributed by atoms with van der Waals surface area (Å²) in [4.78, 5) is 11.0. The molecule has 0 aliphatic carbocycles. The van der Waals surface area contributed by atoms with Gasteiger partial charge in [0, 0.05) is 24.1 Å². The minimum atomic E-state index is -0.810. The van der Waals surface area contributed by atoms with Gasteiger partial charge in [-0.15, -0.1) is 12.4 Å². The molecule has 2 N–H and O–H groups in total. The molecule has 5 rings (SSSR count). The van der Waals surface area contributed by atoms with Crippen LogP contribution in [0.2, 0.25) is 0 Å². The highest BCUT2D eigenvalue weighted by atomic mass is 35.5. The Morgan fingerprint density at radius 3 is 2.49 bits per heavy atom. The second kappa shape index (κ2) is 10.9. The molecule has 0 fully saturated rings. The van der Waals surface area contributed by atoms with Gasteiger partial charge < -0.3 is 15.2 Å². The summed E-state index contributed by atoms with van der Waals surface area (Å²) >= 11 is 0. The summed E-state index contributed by atoms with van der Waals surface area (Å²) in [7, 11) is 0. The minimum Gasteiger partial charge on any atom is -0.489 e. The first-order chi connectivity index (χ1) is 16.6. The van der Waals surface area contributed by atoms with Crippen molar-refractivity contribution in [1.29, 1.82) is 0 Å². The van der Waals surface area contributed by atoms with Gasteiger partial charge in [0.25, 0.3) is 0 Å². The van der Waals surface area contributed by atoms with Crippen LogP contribution in [0, 0.1) is 0 Å². The largest absolute Gasteiger partial charge is 0.489 e. The maximum atomic E-state index is 11.0. The second-order valence-corrected chi connectivity index (χ2v) is 9.08. The molecular weight excluding hydrogens is 458 g/mol. The lowest BCUT2D eigenvalue weighted by Crippen LogP contribution is -2.37. The number of aliphatic carboxylic acids is 1. The van der Waals surface area contributed by atoms with Crippen LogP contribution in [-0.2, 0) is 11.2 Å². The molecule has 3 atom stereocenters. The number of carboxylic acids is 1. The summed E-state index contributed by atoms with van der Waals surface area (Å²) < 4.78 is 6.39. The van der Waals surface area contributed by atoms with Crippen LogP contribution in [-0.4, -0.2) is 23.7 Å². The van der Waals surface area contributed by atoms with Crippen molar-refractivity contribution in [2.75, 3.05) is 6.54 Å². The van der Waals surface area contributed by atoms with Crippen LogP contribution in [0.1, 0.15) is 47.6 Å². The van der Waals surface area contributed by atoms with E-state index in [-0.39, 0.29) is 36.9 Å². The molecule has 0 radical (unpaired) electrons. The highest BCUT2D eigenvalue weighted by Gasteiger charge is 2.29. The van der Waals surface area contributed by atoms with E-state index in [9.17, 15) is 4.79 Å². The van der Waals surface area contributed by atoms with E-state index in [1.807, 2.05) is 24.3 Å². The monoisotopic (exact) mass is 487 g/mol. The highest BCUT2D eigenvalue weighted by molar-refractivity contribution is 5.86. The van der Waals surface area contributed by atoms with Crippen molar-refractivity contribution in [3.63, 3.8) is 0 Å². The van der Waals surface area contributed by atoms with Gasteiger partial charge in [0.2, 0.25) is 0 Å². The van der Waals surface area contributed by atoms with Crippen molar-refractivity contribution in [2.24, 2.45) is 0 Å². The van der Waals surface area contributed by atoms with E-state index in [4.69, 9.17) is 9.84 Å². The average molecular weight is 488 g/mol. The smallest absolute Gasteiger partial charge is 0.307 e. The zero-order chi connectivity index (χ0) is 23.5. The molecule has 5 heteroatoms. The quantitative estimate of drug-likeness (QED) is 0.311. The topological polar surface area (TPSA) is 58.6 Å². The fraction of sp³-hybridized carbons (Fsp3) is 0.233. The van der Waals surface area contributed by atoms with Gasteiger partial charge in [0.05, 0.1) is 6.42 Å². The minimum absolute atomic E-state index is 0. The van der Waals surface area contributed by atoms with Crippen LogP contribution in [0.4, 0.5) is 0 Å². The SMILES string of the molecule is C[C@@H](NC[C@H]1C[C@H](c2ccc(CC(=O)O)cc2)c2ccccc2O1)c1cccc2ccccc12.Cl. The molecule has 4 aromatic rings. The number of nitrogens with one attached hydrogen (secondary N) is 1. The van der Waals surface area contributed by atoms with Crippen molar-refractivity contribution in [2.45, 2.75) is 37.8 Å². The number of carbonyl (C=O) groups is 1. The predicted octanol–water partition coefficient (Wildman–Crippen LogP) is 6.52. The lowest BCUT2D eigenvalue weighted by atomic mass is 9.83. The lowest BCUT2D eigenvalue weighted by Gasteiger charge is -2.33. The second-order valence-electron chi connectivity index (χ2n) is 9.08. The molecule has 0 saturated carbocycles. The van der Waals surface area contributed by atoms with Gasteiger partial charge in [0.1, 0.15) is 11.9 Å². The van der Waals surface area contributed by atoms with E-state index >= 15 is 0 Å². The van der Waals surface area contributed by atoms with Gasteiger partial charge >= 0.3 is 5.97 Å². The molecule has 0 aromatic heterocycles. The molecular formula is C30H30ClNO3. The maximum Gasteiger partial charge on any atom is 0.307 e. The summed E-state index contributed by atoms with van der Waals surface area (Å²) in [5.74, 6) is 0.331. The number of hydrogen-bond acceptors (Lipinski definition) is 3. The third kappa shape index (κ3) is 5.50. The van der Waals surface area contributed by atoms with Crippen LogP contribution in [0.5, 0.6) is 5.75 Å². The van der Waals surface area contributed by atoms with Crippen molar-refractivity contribution < 1.29 is 14.6 Å². The van der Waals surface area contributed by atoms with Gasteiger partial charge in [-0.3, -0.25) is 4.79 Å². The van der Waals surface area contributed by atoms with Gasteiger partial charge in [-0.2, -0.15) is 0 Å². The van der Waals surface area contributed by atoms with Gasteiger partial charge in [-0.05, 0) is 46.9 Å². The van der Waals surface area contributed by atoms with E-state index in [0.29, 0.717) is 0 Å². The molecule has 0 saturated heterocycles. The number of fused-ring (bicyclic) bond motifs is 2. The fourth-order valence-corrected chi connectivity index (χ4v) is 5.02. The Morgan fingerprint density at radius 1 is 0.971 bits per heavy atom. The average Bonchev–Trinajstić information content (AvgIpc) is 2.86. The number of hydrogen-bond donors (Lipinski definition) is 2. The first-order valence-corrected chi connectivity index (χ1v) is 11.9. The highest BCUT2D eigenvalue weighted by Crippen LogP contribution is 2.40. The summed E-state index contributed by atoms with van der Waals surface area (Å²) in [5.41, 5.74) is 4.49. The van der Waals surface area contributed by atoms with Gasteiger partial charge in [-0.1, -0.05) is 84.9 Å². The molecule has 0 amide bonds. The molecule has 180 valence electrons. The first-order valence-electron chi connectivity index (χ1n) is 11.9. The molecule has 0 bridgehead atoms. The number of ether oxygens (including phenoxy) is 1. The Morgan fingerprint density at radius 2 is 1.69 bits per heavy atom. The summed E-state index contributed by atoms with van der Waals surface area (Å²) in [6, 6.07) is 31.4. The molecule has 35 heavy (non-hydrogen) atoms. The van der Waals surface area contributed by atoms with E-state index in [1.54, 1.807) is 0 Å². The summed E-state index contributed by atoms with van der Waals surface area (Å²) in [6.45, 7) is 2.95. The summed E-state index contributed by atoms with van der Waals surface area (Å²) in [5, 5.41) is 15.3. The Labute approximate surface area is 212 Å². The Hall–Kier alpha value is -3.34. The van der Waals surface area contributed by atoms with Gasteiger partial charge in [0.15, 0.2) is 0 Å². The number of para-hydroxylation sites is 1. The number of rotatable bonds is 7. The molecule has 4 nitrogen and oxygen atoms in total. The number of carboxylic acid groups (broad SMARTS) is 1. The van der Waals surface area contributed by atoms with E-state index in [1.165, 1.54) is 27.5 Å². The van der Waals surface area contributed by atoms with Crippen molar-refractivity contribution in [3.05, 3.63) is 113 Å². The Bertz CT molecular complexity index is 1300. The number of benzene rings is 4. The Balaban J connectivity index is 0.00000289.